The van der Waals surface area contributed by atoms with Crippen LogP contribution in [0.1, 0.15) is 33.4 Å². The molecule has 0 radical (unpaired) electrons. The van der Waals surface area contributed by atoms with Crippen LogP contribution in [0, 0.1) is 0 Å². The van der Waals surface area contributed by atoms with Crippen molar-refractivity contribution in [3.8, 4) is 0 Å². The van der Waals surface area contributed by atoms with E-state index in [2.05, 4.69) is 72.8 Å². The van der Waals surface area contributed by atoms with Crippen LogP contribution in [0.3, 0.4) is 0 Å². The SMILES string of the molecule is O=C(OCC(c1ccccc1)(c1ccccc1)c1ccccc1)OCC(c1ccccc1)(c1ccccc1)c1ccccc1. The van der Waals surface area contributed by atoms with E-state index in [-0.39, 0.29) is 13.2 Å². The van der Waals surface area contributed by atoms with Crippen molar-refractivity contribution in [3.05, 3.63) is 215 Å². The summed E-state index contributed by atoms with van der Waals surface area (Å²) < 4.78 is 12.2. The number of carbonyl (C=O) groups is 1. The van der Waals surface area contributed by atoms with E-state index in [1.54, 1.807) is 0 Å². The molecule has 6 aromatic carbocycles. The number of carbonyl (C=O) groups excluding carboxylic acids is 1. The third-order valence-electron chi connectivity index (χ3n) is 8.41. The van der Waals surface area contributed by atoms with Gasteiger partial charge in [0.2, 0.25) is 0 Å². The van der Waals surface area contributed by atoms with Gasteiger partial charge in [-0.05, 0) is 33.4 Å². The highest BCUT2D eigenvalue weighted by Crippen LogP contribution is 2.41. The number of ether oxygens (including phenoxy) is 2. The summed E-state index contributed by atoms with van der Waals surface area (Å²) in [5.41, 5.74) is 4.68. The first kappa shape index (κ1) is 28.7. The van der Waals surface area contributed by atoms with Gasteiger partial charge in [0.05, 0.1) is 10.8 Å². The number of rotatable bonds is 10. The Morgan fingerprint density at radius 2 is 0.523 bits per heavy atom. The molecule has 0 aliphatic rings. The Morgan fingerprint density at radius 1 is 0.341 bits per heavy atom. The Kier molecular flexibility index (Phi) is 8.65. The zero-order valence-corrected chi connectivity index (χ0v) is 24.5. The molecule has 6 rings (SSSR count). The molecule has 0 fully saturated rings. The molecule has 0 aromatic heterocycles. The van der Waals surface area contributed by atoms with Crippen LogP contribution in [0.25, 0.3) is 0 Å². The van der Waals surface area contributed by atoms with Crippen LogP contribution in [0.2, 0.25) is 0 Å². The second kappa shape index (κ2) is 13.3. The zero-order chi connectivity index (χ0) is 30.1. The van der Waals surface area contributed by atoms with Gasteiger partial charge in [-0.15, -0.1) is 0 Å². The van der Waals surface area contributed by atoms with Crippen molar-refractivity contribution in [2.45, 2.75) is 10.8 Å². The maximum absolute atomic E-state index is 13.7. The van der Waals surface area contributed by atoms with Gasteiger partial charge >= 0.3 is 6.16 Å². The fourth-order valence-electron chi connectivity index (χ4n) is 6.21. The smallest absolute Gasteiger partial charge is 0.433 e. The molecule has 0 unspecified atom stereocenters. The fourth-order valence-corrected chi connectivity index (χ4v) is 6.21. The van der Waals surface area contributed by atoms with Crippen molar-refractivity contribution in [3.63, 3.8) is 0 Å². The molecular weight excluding hydrogens is 540 g/mol. The fraction of sp³-hybridized carbons (Fsp3) is 0.0976. The molecule has 216 valence electrons. The lowest BCUT2D eigenvalue weighted by Gasteiger charge is -2.36. The highest BCUT2D eigenvalue weighted by atomic mass is 16.7. The van der Waals surface area contributed by atoms with Gasteiger partial charge in [-0.1, -0.05) is 182 Å². The number of benzene rings is 6. The minimum absolute atomic E-state index is 0.0683. The summed E-state index contributed by atoms with van der Waals surface area (Å²) in [6.07, 6.45) is -0.718. The van der Waals surface area contributed by atoms with Gasteiger partial charge in [0, 0.05) is 0 Å². The minimum Gasteiger partial charge on any atom is -0.433 e. The van der Waals surface area contributed by atoms with Crippen LogP contribution < -0.4 is 0 Å². The van der Waals surface area contributed by atoms with Gasteiger partial charge < -0.3 is 9.47 Å². The molecule has 0 saturated carbocycles. The summed E-state index contributed by atoms with van der Waals surface area (Å²) in [6.45, 7) is 0.137. The van der Waals surface area contributed by atoms with Crippen molar-refractivity contribution >= 4 is 6.16 Å². The highest BCUT2D eigenvalue weighted by Gasteiger charge is 2.40. The van der Waals surface area contributed by atoms with Crippen molar-refractivity contribution in [2.75, 3.05) is 13.2 Å². The van der Waals surface area contributed by atoms with E-state index >= 15 is 0 Å². The molecule has 3 heteroatoms. The van der Waals surface area contributed by atoms with Crippen molar-refractivity contribution < 1.29 is 14.3 Å². The van der Waals surface area contributed by atoms with Crippen LogP contribution in [0.5, 0.6) is 0 Å². The van der Waals surface area contributed by atoms with Crippen LogP contribution >= 0.6 is 0 Å². The molecular formula is C41H34O3. The van der Waals surface area contributed by atoms with E-state index in [1.807, 2.05) is 109 Å². The molecule has 3 nitrogen and oxygen atoms in total. The molecule has 0 bridgehead atoms. The van der Waals surface area contributed by atoms with E-state index in [1.165, 1.54) is 0 Å². The first-order valence-corrected chi connectivity index (χ1v) is 14.9. The predicted molar refractivity (Wildman–Crippen MR) is 176 cm³/mol. The molecule has 0 aliphatic carbocycles. The predicted octanol–water partition coefficient (Wildman–Crippen LogP) is 9.21. The first-order valence-electron chi connectivity index (χ1n) is 14.9. The third-order valence-corrected chi connectivity index (χ3v) is 8.41. The Balaban J connectivity index is 1.36. The topological polar surface area (TPSA) is 35.5 Å². The average molecular weight is 575 g/mol. The van der Waals surface area contributed by atoms with E-state index in [4.69, 9.17) is 9.47 Å². The summed E-state index contributed by atoms with van der Waals surface area (Å²) in [6, 6.07) is 61.2. The summed E-state index contributed by atoms with van der Waals surface area (Å²) in [5, 5.41) is 0. The Labute approximate surface area is 259 Å². The third kappa shape index (κ3) is 5.65. The second-order valence-corrected chi connectivity index (χ2v) is 10.8. The molecule has 0 heterocycles. The van der Waals surface area contributed by atoms with Gasteiger partial charge in [-0.2, -0.15) is 0 Å². The monoisotopic (exact) mass is 574 g/mol. The second-order valence-electron chi connectivity index (χ2n) is 10.8. The van der Waals surface area contributed by atoms with E-state index < -0.39 is 17.0 Å². The quantitative estimate of drug-likeness (QED) is 0.121. The minimum atomic E-state index is -0.738. The van der Waals surface area contributed by atoms with Gasteiger partial charge in [0.25, 0.3) is 0 Å². The number of hydrogen-bond acceptors (Lipinski definition) is 3. The van der Waals surface area contributed by atoms with Crippen LogP contribution in [0.15, 0.2) is 182 Å². The Hall–Kier alpha value is -5.41. The maximum Gasteiger partial charge on any atom is 0.508 e. The Bertz CT molecular complexity index is 1410. The first-order chi connectivity index (χ1) is 21.7. The Morgan fingerprint density at radius 3 is 0.705 bits per heavy atom. The van der Waals surface area contributed by atoms with Gasteiger partial charge in [-0.25, -0.2) is 4.79 Å². The maximum atomic E-state index is 13.7. The summed E-state index contributed by atoms with van der Waals surface area (Å²) >= 11 is 0. The summed E-state index contributed by atoms with van der Waals surface area (Å²) in [5.74, 6) is 0. The molecule has 0 amide bonds. The van der Waals surface area contributed by atoms with Crippen LogP contribution in [-0.2, 0) is 20.3 Å². The molecule has 44 heavy (non-hydrogen) atoms. The molecule has 0 aliphatic heterocycles. The summed E-state index contributed by atoms with van der Waals surface area (Å²) in [4.78, 5) is 13.7. The van der Waals surface area contributed by atoms with Crippen molar-refractivity contribution in [1.29, 1.82) is 0 Å². The lowest BCUT2D eigenvalue weighted by Crippen LogP contribution is -2.38. The summed E-state index contributed by atoms with van der Waals surface area (Å²) in [7, 11) is 0. The van der Waals surface area contributed by atoms with Crippen LogP contribution in [-0.4, -0.2) is 19.4 Å². The zero-order valence-electron chi connectivity index (χ0n) is 24.5. The number of hydrogen-bond donors (Lipinski definition) is 0. The van der Waals surface area contributed by atoms with Gasteiger partial charge in [0.15, 0.2) is 0 Å². The molecule has 0 N–H and O–H groups in total. The average Bonchev–Trinajstić information content (AvgIpc) is 3.12. The lowest BCUT2D eigenvalue weighted by molar-refractivity contribution is 0.0392. The van der Waals surface area contributed by atoms with Gasteiger partial charge in [0.1, 0.15) is 13.2 Å². The molecule has 6 aromatic rings. The molecule has 0 saturated heterocycles. The van der Waals surface area contributed by atoms with E-state index in [0.29, 0.717) is 0 Å². The van der Waals surface area contributed by atoms with E-state index in [0.717, 1.165) is 33.4 Å². The highest BCUT2D eigenvalue weighted by molar-refractivity contribution is 5.62. The normalized spacial score (nSPS) is 11.5. The largest absolute Gasteiger partial charge is 0.508 e. The molecule has 0 atom stereocenters. The van der Waals surface area contributed by atoms with E-state index in [9.17, 15) is 4.79 Å². The van der Waals surface area contributed by atoms with Crippen molar-refractivity contribution in [1.82, 2.24) is 0 Å². The van der Waals surface area contributed by atoms with Crippen molar-refractivity contribution in [2.24, 2.45) is 0 Å². The standard InChI is InChI=1S/C41H34O3/c42-39(43-31-40(33-19-7-1-8-20-33,34-21-9-2-10-22-34)35-23-11-3-12-24-35)44-32-41(36-25-13-4-14-26-36,37-27-15-5-16-28-37)38-29-17-6-18-30-38/h1-30H,31-32H2. The van der Waals surface area contributed by atoms with Gasteiger partial charge in [-0.3, -0.25) is 0 Å². The lowest BCUT2D eigenvalue weighted by atomic mass is 9.70. The van der Waals surface area contributed by atoms with Crippen LogP contribution in [0.4, 0.5) is 4.79 Å². The molecule has 0 spiro atoms.